The van der Waals surface area contributed by atoms with Gasteiger partial charge in [-0.3, -0.25) is 4.79 Å². The molecule has 0 saturated heterocycles. The summed E-state index contributed by atoms with van der Waals surface area (Å²) in [4.78, 5) is 12.0. The van der Waals surface area contributed by atoms with Gasteiger partial charge in [0.1, 0.15) is 0 Å². The van der Waals surface area contributed by atoms with Crippen molar-refractivity contribution >= 4 is 5.91 Å². The molecule has 1 atom stereocenters. The van der Waals surface area contributed by atoms with Gasteiger partial charge in [0.2, 0.25) is 0 Å². The minimum absolute atomic E-state index is 0.00326. The van der Waals surface area contributed by atoms with E-state index in [1.807, 2.05) is 19.9 Å². The molecule has 0 heterocycles. The van der Waals surface area contributed by atoms with Crippen molar-refractivity contribution in [3.05, 3.63) is 35.4 Å². The van der Waals surface area contributed by atoms with Gasteiger partial charge in [-0.15, -0.1) is 0 Å². The first-order valence-corrected chi connectivity index (χ1v) is 6.77. The Labute approximate surface area is 120 Å². The summed E-state index contributed by atoms with van der Waals surface area (Å²) in [5, 5.41) is 11.5. The summed E-state index contributed by atoms with van der Waals surface area (Å²) in [7, 11) is 0. The van der Waals surface area contributed by atoms with Gasteiger partial charge in [-0.25, -0.2) is 0 Å². The second kappa shape index (κ2) is 9.13. The Kier molecular flexibility index (Phi) is 7.41. The van der Waals surface area contributed by atoms with E-state index in [4.69, 9.17) is 9.84 Å². The Balaban J connectivity index is 2.60. The van der Waals surface area contributed by atoms with Crippen LogP contribution in [0, 0.1) is 11.8 Å². The van der Waals surface area contributed by atoms with Gasteiger partial charge in [-0.05, 0) is 32.0 Å². The first-order valence-electron chi connectivity index (χ1n) is 6.77. The molecule has 1 aromatic rings. The summed E-state index contributed by atoms with van der Waals surface area (Å²) >= 11 is 0. The van der Waals surface area contributed by atoms with Crippen LogP contribution in [0.25, 0.3) is 0 Å². The van der Waals surface area contributed by atoms with Crippen molar-refractivity contribution in [2.75, 3.05) is 19.8 Å². The number of rotatable bonds is 6. The molecule has 1 unspecified atom stereocenters. The van der Waals surface area contributed by atoms with E-state index in [2.05, 4.69) is 17.2 Å². The highest BCUT2D eigenvalue weighted by molar-refractivity contribution is 5.94. The molecule has 0 radical (unpaired) electrons. The molecule has 0 spiro atoms. The molecular formula is C16H21NO3. The number of ether oxygens (including phenoxy) is 1. The van der Waals surface area contributed by atoms with Gasteiger partial charge in [-0.1, -0.05) is 17.9 Å². The summed E-state index contributed by atoms with van der Waals surface area (Å²) in [6.45, 7) is 5.00. The minimum Gasteiger partial charge on any atom is -0.395 e. The summed E-state index contributed by atoms with van der Waals surface area (Å²) in [6, 6.07) is 7.12. The molecule has 1 rings (SSSR count). The number of carbonyl (C=O) groups is 1. The Morgan fingerprint density at radius 3 is 3.00 bits per heavy atom. The summed E-state index contributed by atoms with van der Waals surface area (Å²) < 4.78 is 5.36. The standard InChI is InChI=1S/C16H21NO3/c1-3-20-13(2)12-17-16(19)15-9-6-8-14(11-15)7-4-5-10-18/h6,8-9,11,13,18H,3,5,10,12H2,1-2H3,(H,17,19). The number of hydrogen-bond donors (Lipinski definition) is 2. The molecule has 1 aromatic carbocycles. The van der Waals surface area contributed by atoms with Gasteiger partial charge in [0.15, 0.2) is 0 Å². The molecule has 0 fully saturated rings. The van der Waals surface area contributed by atoms with Crippen LogP contribution in [0.3, 0.4) is 0 Å². The van der Waals surface area contributed by atoms with Crippen LogP contribution in [-0.2, 0) is 4.74 Å². The zero-order valence-corrected chi connectivity index (χ0v) is 12.0. The number of nitrogens with one attached hydrogen (secondary N) is 1. The fourth-order valence-corrected chi connectivity index (χ4v) is 1.64. The number of hydrogen-bond acceptors (Lipinski definition) is 3. The van der Waals surface area contributed by atoms with Gasteiger partial charge in [-0.2, -0.15) is 0 Å². The molecule has 108 valence electrons. The second-order valence-corrected chi connectivity index (χ2v) is 4.33. The molecule has 20 heavy (non-hydrogen) atoms. The number of benzene rings is 1. The molecule has 1 amide bonds. The smallest absolute Gasteiger partial charge is 0.251 e. The van der Waals surface area contributed by atoms with E-state index in [9.17, 15) is 4.79 Å². The van der Waals surface area contributed by atoms with Crippen molar-refractivity contribution in [2.45, 2.75) is 26.4 Å². The van der Waals surface area contributed by atoms with E-state index in [0.29, 0.717) is 25.1 Å². The predicted molar refractivity (Wildman–Crippen MR) is 78.4 cm³/mol. The van der Waals surface area contributed by atoms with E-state index < -0.39 is 0 Å². The lowest BCUT2D eigenvalue weighted by molar-refractivity contribution is 0.0695. The average molecular weight is 275 g/mol. The Bertz CT molecular complexity index is 488. The van der Waals surface area contributed by atoms with Crippen LogP contribution in [0.1, 0.15) is 36.2 Å². The minimum atomic E-state index is -0.137. The lowest BCUT2D eigenvalue weighted by Crippen LogP contribution is -2.32. The molecule has 0 bridgehead atoms. The number of aliphatic hydroxyl groups excluding tert-OH is 1. The van der Waals surface area contributed by atoms with Crippen LogP contribution in [0.2, 0.25) is 0 Å². The topological polar surface area (TPSA) is 58.6 Å². The molecule has 0 aromatic heterocycles. The van der Waals surface area contributed by atoms with Gasteiger partial charge in [0, 0.05) is 30.7 Å². The first kappa shape index (κ1) is 16.2. The maximum absolute atomic E-state index is 12.0. The lowest BCUT2D eigenvalue weighted by Gasteiger charge is -2.12. The van der Waals surface area contributed by atoms with E-state index in [0.717, 1.165) is 5.56 Å². The molecule has 4 nitrogen and oxygen atoms in total. The van der Waals surface area contributed by atoms with Crippen LogP contribution in [0.4, 0.5) is 0 Å². The third-order valence-corrected chi connectivity index (χ3v) is 2.60. The van der Waals surface area contributed by atoms with Crippen molar-refractivity contribution < 1.29 is 14.6 Å². The SMILES string of the molecule is CCOC(C)CNC(=O)c1cccc(C#CCCO)c1. The van der Waals surface area contributed by atoms with Crippen molar-refractivity contribution in [3.63, 3.8) is 0 Å². The number of amides is 1. The second-order valence-electron chi connectivity index (χ2n) is 4.33. The molecule has 4 heteroatoms. The number of aliphatic hydroxyl groups is 1. The summed E-state index contributed by atoms with van der Waals surface area (Å²) in [6.07, 6.45) is 0.430. The van der Waals surface area contributed by atoms with E-state index in [-0.39, 0.29) is 18.6 Å². The molecular weight excluding hydrogens is 254 g/mol. The Morgan fingerprint density at radius 2 is 2.30 bits per heavy atom. The first-order chi connectivity index (χ1) is 9.67. The third-order valence-electron chi connectivity index (χ3n) is 2.60. The quantitative estimate of drug-likeness (QED) is 0.775. The molecule has 0 aliphatic rings. The predicted octanol–water partition coefficient (Wildman–Crippen LogP) is 1.58. The van der Waals surface area contributed by atoms with E-state index >= 15 is 0 Å². The summed E-state index contributed by atoms with van der Waals surface area (Å²) in [5.74, 6) is 5.61. The largest absolute Gasteiger partial charge is 0.395 e. The highest BCUT2D eigenvalue weighted by Gasteiger charge is 2.07. The van der Waals surface area contributed by atoms with Crippen molar-refractivity contribution in [1.82, 2.24) is 5.32 Å². The van der Waals surface area contributed by atoms with Crippen LogP contribution in [0.15, 0.2) is 24.3 Å². The third kappa shape index (κ3) is 5.87. The van der Waals surface area contributed by atoms with Gasteiger partial charge < -0.3 is 15.2 Å². The van der Waals surface area contributed by atoms with Gasteiger partial charge in [0.05, 0.1) is 12.7 Å². The monoisotopic (exact) mass is 275 g/mol. The van der Waals surface area contributed by atoms with Crippen LogP contribution in [-0.4, -0.2) is 36.9 Å². The maximum atomic E-state index is 12.0. The maximum Gasteiger partial charge on any atom is 0.251 e. The number of carbonyl (C=O) groups excluding carboxylic acids is 1. The fraction of sp³-hybridized carbons (Fsp3) is 0.438. The normalized spacial score (nSPS) is 11.3. The van der Waals surface area contributed by atoms with Crippen molar-refractivity contribution in [1.29, 1.82) is 0 Å². The highest BCUT2D eigenvalue weighted by Crippen LogP contribution is 2.04. The van der Waals surface area contributed by atoms with Crippen molar-refractivity contribution in [3.8, 4) is 11.8 Å². The molecule has 0 aliphatic carbocycles. The Hall–Kier alpha value is -1.83. The van der Waals surface area contributed by atoms with Crippen LogP contribution in [0.5, 0.6) is 0 Å². The fourth-order valence-electron chi connectivity index (χ4n) is 1.64. The van der Waals surface area contributed by atoms with E-state index in [1.165, 1.54) is 0 Å². The van der Waals surface area contributed by atoms with Crippen LogP contribution < -0.4 is 5.32 Å². The molecule has 0 aliphatic heterocycles. The summed E-state index contributed by atoms with van der Waals surface area (Å²) in [5.41, 5.74) is 1.34. The molecule has 2 N–H and O–H groups in total. The average Bonchev–Trinajstić information content (AvgIpc) is 2.46. The van der Waals surface area contributed by atoms with E-state index in [1.54, 1.807) is 18.2 Å². The zero-order valence-electron chi connectivity index (χ0n) is 12.0. The highest BCUT2D eigenvalue weighted by atomic mass is 16.5. The van der Waals surface area contributed by atoms with Crippen molar-refractivity contribution in [2.24, 2.45) is 0 Å². The van der Waals surface area contributed by atoms with Gasteiger partial charge >= 0.3 is 0 Å². The van der Waals surface area contributed by atoms with Gasteiger partial charge in [0.25, 0.3) is 5.91 Å². The zero-order chi connectivity index (χ0) is 14.8. The lowest BCUT2D eigenvalue weighted by atomic mass is 10.1. The molecule has 0 saturated carbocycles. The van der Waals surface area contributed by atoms with Crippen LogP contribution >= 0.6 is 0 Å². The Morgan fingerprint density at radius 1 is 1.50 bits per heavy atom.